The van der Waals surface area contributed by atoms with Gasteiger partial charge in [0.1, 0.15) is 5.54 Å². The van der Waals surface area contributed by atoms with Gasteiger partial charge in [0.05, 0.1) is 6.10 Å². The van der Waals surface area contributed by atoms with Crippen LogP contribution in [0.1, 0.15) is 45.6 Å². The number of amides is 1. The van der Waals surface area contributed by atoms with E-state index in [1.54, 1.807) is 4.90 Å². The topological polar surface area (TPSA) is 49.9 Å². The van der Waals surface area contributed by atoms with E-state index in [2.05, 4.69) is 29.2 Å². The van der Waals surface area contributed by atoms with Gasteiger partial charge in [-0.3, -0.25) is 9.69 Å². The highest BCUT2D eigenvalue weighted by molar-refractivity contribution is 6.02. The number of nitrogens with zero attached hydrogens (tertiary/aromatic N) is 2. The first-order valence-corrected chi connectivity index (χ1v) is 11.3. The molecule has 3 rings (SSSR count). The maximum Gasteiger partial charge on any atom is 0.332 e. The Morgan fingerprint density at radius 3 is 2.13 bits per heavy atom. The molecular formula is C26H34N2O3. The Bertz CT molecular complexity index is 843. The van der Waals surface area contributed by atoms with Gasteiger partial charge in [-0.25, -0.2) is 4.79 Å². The van der Waals surface area contributed by atoms with E-state index in [1.807, 2.05) is 57.2 Å². The van der Waals surface area contributed by atoms with Crippen molar-refractivity contribution in [3.8, 4) is 0 Å². The highest BCUT2D eigenvalue weighted by Gasteiger charge is 2.50. The molecule has 2 aromatic rings. The van der Waals surface area contributed by atoms with E-state index in [0.717, 1.165) is 31.7 Å². The maximum absolute atomic E-state index is 13.4. The van der Waals surface area contributed by atoms with Gasteiger partial charge in [-0.2, -0.15) is 0 Å². The van der Waals surface area contributed by atoms with E-state index >= 15 is 0 Å². The Morgan fingerprint density at radius 2 is 1.58 bits per heavy atom. The van der Waals surface area contributed by atoms with Crippen LogP contribution in [0.4, 0.5) is 5.69 Å². The van der Waals surface area contributed by atoms with Crippen molar-refractivity contribution in [2.45, 2.75) is 58.1 Å². The number of anilines is 1. The molecule has 0 saturated carbocycles. The Hall–Kier alpha value is -2.66. The minimum atomic E-state index is -0.970. The number of esters is 1. The third-order valence-corrected chi connectivity index (χ3v) is 5.96. The third kappa shape index (κ3) is 5.53. The monoisotopic (exact) mass is 422 g/mol. The van der Waals surface area contributed by atoms with E-state index in [-0.39, 0.29) is 18.0 Å². The smallest absolute Gasteiger partial charge is 0.332 e. The molecule has 1 heterocycles. The van der Waals surface area contributed by atoms with E-state index in [4.69, 9.17) is 4.74 Å². The second kappa shape index (κ2) is 10.6. The van der Waals surface area contributed by atoms with E-state index in [1.165, 1.54) is 5.56 Å². The molecule has 0 unspecified atom stereocenters. The number of hydrogen-bond donors (Lipinski definition) is 0. The fourth-order valence-corrected chi connectivity index (χ4v) is 4.29. The molecule has 1 amide bonds. The first-order valence-electron chi connectivity index (χ1n) is 11.3. The molecule has 0 N–H and O–H groups in total. The zero-order chi connectivity index (χ0) is 22.3. The summed E-state index contributed by atoms with van der Waals surface area (Å²) in [4.78, 5) is 30.6. The molecule has 1 saturated heterocycles. The molecule has 0 spiro atoms. The first kappa shape index (κ1) is 23.0. The number of hydrogen-bond acceptors (Lipinski definition) is 4. The van der Waals surface area contributed by atoms with Crippen molar-refractivity contribution in [2.24, 2.45) is 0 Å². The minimum Gasteiger partial charge on any atom is -0.461 e. The van der Waals surface area contributed by atoms with E-state index < -0.39 is 5.54 Å². The lowest BCUT2D eigenvalue weighted by molar-refractivity contribution is -0.157. The molecule has 2 aromatic carbocycles. The first-order chi connectivity index (χ1) is 15.0. The van der Waals surface area contributed by atoms with Gasteiger partial charge in [0.15, 0.2) is 0 Å². The van der Waals surface area contributed by atoms with Gasteiger partial charge >= 0.3 is 5.97 Å². The predicted octanol–water partition coefficient (Wildman–Crippen LogP) is 4.46. The molecule has 0 aliphatic carbocycles. The molecular weight excluding hydrogens is 388 g/mol. The largest absolute Gasteiger partial charge is 0.461 e. The molecule has 0 aromatic heterocycles. The Kier molecular flexibility index (Phi) is 7.85. The van der Waals surface area contributed by atoms with Gasteiger partial charge in [-0.1, -0.05) is 55.5 Å². The van der Waals surface area contributed by atoms with Gasteiger partial charge in [-0.05, 0) is 50.8 Å². The number of carbonyl (C=O) groups is 2. The number of piperidine rings is 1. The second-order valence-corrected chi connectivity index (χ2v) is 8.48. The summed E-state index contributed by atoms with van der Waals surface area (Å²) in [5.74, 6) is -0.347. The number of likely N-dealkylation sites (tertiary alicyclic amines) is 1. The SMILES string of the molecule is CCC(=O)N(c1ccccc1)C1(C(=O)OC(C)C)CCN(CCc2ccccc2)CC1. The van der Waals surface area contributed by atoms with Gasteiger partial charge in [-0.15, -0.1) is 0 Å². The third-order valence-electron chi connectivity index (χ3n) is 5.96. The number of para-hydroxylation sites is 1. The van der Waals surface area contributed by atoms with Crippen molar-refractivity contribution in [2.75, 3.05) is 24.5 Å². The lowest BCUT2D eigenvalue weighted by atomic mass is 9.84. The van der Waals surface area contributed by atoms with Gasteiger partial charge < -0.3 is 9.64 Å². The molecule has 31 heavy (non-hydrogen) atoms. The molecule has 0 bridgehead atoms. The standard InChI is InChI=1S/C26H34N2O3/c1-4-24(29)28(23-13-9-6-10-14-23)26(25(30)31-21(2)3)16-19-27(20-17-26)18-15-22-11-7-5-8-12-22/h5-14,21H,4,15-20H2,1-3H3. The van der Waals surface area contributed by atoms with E-state index in [0.29, 0.717) is 19.3 Å². The minimum absolute atomic E-state index is 0.0513. The van der Waals surface area contributed by atoms with Crippen LogP contribution >= 0.6 is 0 Å². The fraction of sp³-hybridized carbons (Fsp3) is 0.462. The summed E-state index contributed by atoms with van der Waals surface area (Å²) in [5, 5.41) is 0. The van der Waals surface area contributed by atoms with Crippen molar-refractivity contribution in [3.63, 3.8) is 0 Å². The molecule has 1 fully saturated rings. The van der Waals surface area contributed by atoms with Gasteiger partial charge in [0.2, 0.25) is 5.91 Å². The highest BCUT2D eigenvalue weighted by Crippen LogP contribution is 2.35. The normalized spacial score (nSPS) is 16.1. The fourth-order valence-electron chi connectivity index (χ4n) is 4.29. The van der Waals surface area contributed by atoms with Crippen LogP contribution in [0.5, 0.6) is 0 Å². The highest BCUT2D eigenvalue weighted by atomic mass is 16.5. The summed E-state index contributed by atoms with van der Waals surface area (Å²) >= 11 is 0. The number of rotatable bonds is 8. The Balaban J connectivity index is 1.83. The van der Waals surface area contributed by atoms with Crippen molar-refractivity contribution < 1.29 is 14.3 Å². The molecule has 0 radical (unpaired) electrons. The van der Waals surface area contributed by atoms with Gasteiger partial charge in [0, 0.05) is 31.7 Å². The van der Waals surface area contributed by atoms with Crippen LogP contribution in [-0.4, -0.2) is 48.1 Å². The van der Waals surface area contributed by atoms with Crippen LogP contribution in [-0.2, 0) is 20.7 Å². The second-order valence-electron chi connectivity index (χ2n) is 8.48. The quantitative estimate of drug-likeness (QED) is 0.590. The lowest BCUT2D eigenvalue weighted by Crippen LogP contribution is -2.63. The average Bonchev–Trinajstić information content (AvgIpc) is 2.79. The van der Waals surface area contributed by atoms with Crippen LogP contribution in [0.25, 0.3) is 0 Å². The summed E-state index contributed by atoms with van der Waals surface area (Å²) in [7, 11) is 0. The summed E-state index contributed by atoms with van der Waals surface area (Å²) < 4.78 is 5.70. The molecule has 5 nitrogen and oxygen atoms in total. The lowest BCUT2D eigenvalue weighted by Gasteiger charge is -2.47. The number of benzene rings is 2. The van der Waals surface area contributed by atoms with Gasteiger partial charge in [0.25, 0.3) is 0 Å². The summed E-state index contributed by atoms with van der Waals surface area (Å²) in [6.45, 7) is 7.99. The summed E-state index contributed by atoms with van der Waals surface area (Å²) in [6, 6.07) is 20.0. The zero-order valence-electron chi connectivity index (χ0n) is 18.9. The average molecular weight is 423 g/mol. The summed E-state index contributed by atoms with van der Waals surface area (Å²) in [6.07, 6.45) is 2.21. The number of ether oxygens (including phenoxy) is 1. The van der Waals surface area contributed by atoms with Crippen LogP contribution in [0.3, 0.4) is 0 Å². The van der Waals surface area contributed by atoms with Crippen molar-refractivity contribution in [1.29, 1.82) is 0 Å². The van der Waals surface area contributed by atoms with E-state index in [9.17, 15) is 9.59 Å². The number of carbonyl (C=O) groups excluding carboxylic acids is 2. The molecule has 5 heteroatoms. The molecule has 1 aliphatic rings. The van der Waals surface area contributed by atoms with Crippen molar-refractivity contribution in [3.05, 3.63) is 66.2 Å². The van der Waals surface area contributed by atoms with Crippen LogP contribution in [0.2, 0.25) is 0 Å². The molecule has 0 atom stereocenters. The zero-order valence-corrected chi connectivity index (χ0v) is 18.9. The van der Waals surface area contributed by atoms with Crippen molar-refractivity contribution in [1.82, 2.24) is 4.90 Å². The predicted molar refractivity (Wildman–Crippen MR) is 124 cm³/mol. The Labute approximate surface area is 186 Å². The maximum atomic E-state index is 13.4. The van der Waals surface area contributed by atoms with Crippen LogP contribution in [0, 0.1) is 0 Å². The molecule has 166 valence electrons. The van der Waals surface area contributed by atoms with Crippen LogP contribution in [0.15, 0.2) is 60.7 Å². The molecule has 1 aliphatic heterocycles. The Morgan fingerprint density at radius 1 is 1.00 bits per heavy atom. The summed E-state index contributed by atoms with van der Waals surface area (Å²) in [5.41, 5.74) is 1.10. The van der Waals surface area contributed by atoms with Crippen molar-refractivity contribution >= 4 is 17.6 Å². The van der Waals surface area contributed by atoms with Crippen LogP contribution < -0.4 is 4.90 Å².